The van der Waals surface area contributed by atoms with Crippen molar-refractivity contribution in [3.63, 3.8) is 0 Å². The van der Waals surface area contributed by atoms with Gasteiger partial charge in [0.2, 0.25) is 0 Å². The molecule has 0 aliphatic carbocycles. The van der Waals surface area contributed by atoms with Gasteiger partial charge in [0.15, 0.2) is 5.78 Å². The molecule has 0 amide bonds. The molecule has 1 unspecified atom stereocenters. The maximum absolute atomic E-state index is 12.3. The van der Waals surface area contributed by atoms with Crippen LogP contribution in [0.1, 0.15) is 57.9 Å². The lowest BCUT2D eigenvalue weighted by Crippen LogP contribution is -2.17. The first-order valence-electron chi connectivity index (χ1n) is 6.49. The molecule has 0 saturated carbocycles. The summed E-state index contributed by atoms with van der Waals surface area (Å²) in [5, 5.41) is 4.56. The first-order chi connectivity index (χ1) is 8.24. The van der Waals surface area contributed by atoms with Gasteiger partial charge in [-0.2, -0.15) is 5.10 Å². The van der Waals surface area contributed by atoms with Crippen molar-refractivity contribution < 1.29 is 4.79 Å². The quantitative estimate of drug-likeness (QED) is 0.752. The number of hydrogen-bond acceptors (Lipinski definition) is 2. The molecule has 1 rings (SSSR count). The number of halogens is 1. The zero-order valence-corrected chi connectivity index (χ0v) is 12.7. The highest BCUT2D eigenvalue weighted by molar-refractivity contribution is 6.33. The van der Waals surface area contributed by atoms with Gasteiger partial charge in [0.05, 0.1) is 11.2 Å². The van der Waals surface area contributed by atoms with Crippen LogP contribution in [0.5, 0.6) is 0 Å². The van der Waals surface area contributed by atoms with Gasteiger partial charge in [-0.3, -0.25) is 9.48 Å². The summed E-state index contributed by atoms with van der Waals surface area (Å²) in [6, 6.07) is 0. The highest BCUT2D eigenvalue weighted by atomic mass is 35.5. The van der Waals surface area contributed by atoms with Crippen LogP contribution in [-0.2, 0) is 6.54 Å². The Labute approximate surface area is 115 Å². The number of ketones is 1. The Morgan fingerprint density at radius 1 is 1.50 bits per heavy atom. The van der Waals surface area contributed by atoms with Crippen LogP contribution in [0.3, 0.4) is 0 Å². The van der Waals surface area contributed by atoms with Crippen molar-refractivity contribution >= 4 is 17.4 Å². The minimum Gasteiger partial charge on any atom is -0.292 e. The van der Waals surface area contributed by atoms with Gasteiger partial charge in [0.1, 0.15) is 5.69 Å². The second kappa shape index (κ2) is 5.87. The molecule has 0 aromatic carbocycles. The molecule has 0 radical (unpaired) electrons. The van der Waals surface area contributed by atoms with Gasteiger partial charge >= 0.3 is 0 Å². The zero-order valence-electron chi connectivity index (χ0n) is 12.0. The number of carbonyl (C=O) groups excluding carboxylic acids is 1. The van der Waals surface area contributed by atoms with Gasteiger partial charge in [-0.1, -0.05) is 39.3 Å². The summed E-state index contributed by atoms with van der Waals surface area (Å²) in [6.07, 6.45) is 3.10. The first-order valence-corrected chi connectivity index (χ1v) is 6.87. The maximum atomic E-state index is 12.3. The van der Waals surface area contributed by atoms with E-state index in [2.05, 4.69) is 32.8 Å². The molecule has 0 bridgehead atoms. The number of carbonyl (C=O) groups is 1. The lowest BCUT2D eigenvalue weighted by Gasteiger charge is -2.22. The normalized spacial score (nSPS) is 13.7. The van der Waals surface area contributed by atoms with Gasteiger partial charge in [0.25, 0.3) is 0 Å². The van der Waals surface area contributed by atoms with Crippen molar-refractivity contribution in [3.8, 4) is 0 Å². The van der Waals surface area contributed by atoms with E-state index < -0.39 is 0 Å². The van der Waals surface area contributed by atoms with E-state index >= 15 is 0 Å². The lowest BCUT2D eigenvalue weighted by atomic mass is 9.83. The van der Waals surface area contributed by atoms with Gasteiger partial charge in [0, 0.05) is 13.0 Å². The Balaban J connectivity index is 2.73. The standard InChI is InChI=1S/C14H23ClN2O/c1-6-17-13(11(15)9-16-17)12(18)7-10(2)8-14(3,4)5/h9-10H,6-8H2,1-5H3. The molecule has 0 aliphatic rings. The van der Waals surface area contributed by atoms with Gasteiger partial charge in [-0.05, 0) is 24.7 Å². The minimum absolute atomic E-state index is 0.0936. The van der Waals surface area contributed by atoms with E-state index in [1.165, 1.54) is 0 Å². The molecular weight excluding hydrogens is 248 g/mol. The molecule has 1 heterocycles. The summed E-state index contributed by atoms with van der Waals surface area (Å²) in [5.41, 5.74) is 0.800. The van der Waals surface area contributed by atoms with Gasteiger partial charge in [-0.25, -0.2) is 0 Å². The lowest BCUT2D eigenvalue weighted by molar-refractivity contribution is 0.0944. The van der Waals surface area contributed by atoms with Crippen LogP contribution in [-0.4, -0.2) is 15.6 Å². The fourth-order valence-electron chi connectivity index (χ4n) is 2.41. The Morgan fingerprint density at radius 2 is 2.11 bits per heavy atom. The smallest absolute Gasteiger partial charge is 0.182 e. The summed E-state index contributed by atoms with van der Waals surface area (Å²) in [6.45, 7) is 11.3. The molecule has 1 atom stereocenters. The van der Waals surface area contributed by atoms with E-state index in [1.54, 1.807) is 10.9 Å². The largest absolute Gasteiger partial charge is 0.292 e. The van der Waals surface area contributed by atoms with E-state index in [9.17, 15) is 4.79 Å². The predicted octanol–water partition coefficient (Wildman–Crippen LogP) is 4.20. The number of Topliss-reactive ketones (excluding diaryl/α,β-unsaturated/α-hetero) is 1. The third kappa shape index (κ3) is 4.13. The number of rotatable bonds is 5. The van der Waals surface area contributed by atoms with Crippen LogP contribution in [0.2, 0.25) is 5.02 Å². The van der Waals surface area contributed by atoms with Crippen LogP contribution in [0.15, 0.2) is 6.20 Å². The third-order valence-electron chi connectivity index (χ3n) is 2.85. The average molecular weight is 271 g/mol. The van der Waals surface area contributed by atoms with Crippen molar-refractivity contribution in [1.29, 1.82) is 0 Å². The Kier molecular flexibility index (Phi) is 4.97. The predicted molar refractivity (Wildman–Crippen MR) is 75.1 cm³/mol. The van der Waals surface area contributed by atoms with Crippen molar-refractivity contribution in [3.05, 3.63) is 16.9 Å². The number of nitrogens with zero attached hydrogens (tertiary/aromatic N) is 2. The van der Waals surface area contributed by atoms with Crippen LogP contribution in [0.25, 0.3) is 0 Å². The summed E-state index contributed by atoms with van der Waals surface area (Å²) in [4.78, 5) is 12.3. The van der Waals surface area contributed by atoms with Crippen molar-refractivity contribution in [1.82, 2.24) is 9.78 Å². The van der Waals surface area contributed by atoms with Crippen LogP contribution < -0.4 is 0 Å². The summed E-state index contributed by atoms with van der Waals surface area (Å²) in [5.74, 6) is 0.449. The number of aromatic nitrogens is 2. The first kappa shape index (κ1) is 15.2. The molecule has 0 fully saturated rings. The molecule has 18 heavy (non-hydrogen) atoms. The fourth-order valence-corrected chi connectivity index (χ4v) is 2.66. The van der Waals surface area contributed by atoms with Crippen molar-refractivity contribution in [2.75, 3.05) is 0 Å². The van der Waals surface area contributed by atoms with Crippen molar-refractivity contribution in [2.24, 2.45) is 11.3 Å². The van der Waals surface area contributed by atoms with Crippen LogP contribution >= 0.6 is 11.6 Å². The van der Waals surface area contributed by atoms with E-state index in [0.717, 1.165) is 6.42 Å². The van der Waals surface area contributed by atoms with E-state index in [1.807, 2.05) is 6.92 Å². The highest BCUT2D eigenvalue weighted by Crippen LogP contribution is 2.27. The molecule has 1 aromatic rings. The summed E-state index contributed by atoms with van der Waals surface area (Å²) >= 11 is 6.03. The van der Waals surface area contributed by atoms with E-state index in [0.29, 0.717) is 29.6 Å². The third-order valence-corrected chi connectivity index (χ3v) is 3.13. The Bertz CT molecular complexity index is 418. The van der Waals surface area contributed by atoms with Crippen LogP contribution in [0, 0.1) is 11.3 Å². The molecule has 1 aromatic heterocycles. The van der Waals surface area contributed by atoms with E-state index in [4.69, 9.17) is 11.6 Å². The van der Waals surface area contributed by atoms with Crippen molar-refractivity contribution in [2.45, 2.75) is 54.0 Å². The monoisotopic (exact) mass is 270 g/mol. The van der Waals surface area contributed by atoms with Crippen LogP contribution in [0.4, 0.5) is 0 Å². The summed E-state index contributed by atoms with van der Waals surface area (Å²) < 4.78 is 1.68. The number of aryl methyl sites for hydroxylation is 1. The molecule has 0 spiro atoms. The zero-order chi connectivity index (χ0) is 13.9. The molecule has 102 valence electrons. The molecule has 4 heteroatoms. The van der Waals surface area contributed by atoms with Gasteiger partial charge < -0.3 is 0 Å². The highest BCUT2D eigenvalue weighted by Gasteiger charge is 2.22. The second-order valence-electron chi connectivity index (χ2n) is 6.15. The Hall–Kier alpha value is -0.830. The maximum Gasteiger partial charge on any atom is 0.182 e. The van der Waals surface area contributed by atoms with Gasteiger partial charge in [-0.15, -0.1) is 0 Å². The molecular formula is C14H23ClN2O. The molecule has 0 saturated heterocycles. The minimum atomic E-state index is 0.0936. The van der Waals surface area contributed by atoms with E-state index in [-0.39, 0.29) is 11.2 Å². The summed E-state index contributed by atoms with van der Waals surface area (Å²) in [7, 11) is 0. The SMILES string of the molecule is CCn1ncc(Cl)c1C(=O)CC(C)CC(C)(C)C. The number of hydrogen-bond donors (Lipinski definition) is 0. The molecule has 0 N–H and O–H groups in total. The topological polar surface area (TPSA) is 34.9 Å². The fraction of sp³-hybridized carbons (Fsp3) is 0.714. The molecule has 3 nitrogen and oxygen atoms in total. The molecule has 0 aliphatic heterocycles. The second-order valence-corrected chi connectivity index (χ2v) is 6.56. The average Bonchev–Trinajstić information content (AvgIpc) is 2.56. The Morgan fingerprint density at radius 3 is 2.61 bits per heavy atom.